The number of fused-ring (bicyclic) bond motifs is 1. The van der Waals surface area contributed by atoms with Crippen LogP contribution < -0.4 is 0 Å². The van der Waals surface area contributed by atoms with Crippen LogP contribution in [0.3, 0.4) is 0 Å². The van der Waals surface area contributed by atoms with Gasteiger partial charge in [0.2, 0.25) is 0 Å². The molecular formula is C18H22N4O. The largest absolute Gasteiger partial charge is 0.337 e. The molecule has 1 amide bonds. The number of carbonyl (C=O) groups excluding carboxylic acids is 1. The van der Waals surface area contributed by atoms with Gasteiger partial charge in [-0.25, -0.2) is 0 Å². The van der Waals surface area contributed by atoms with Gasteiger partial charge < -0.3 is 4.90 Å². The van der Waals surface area contributed by atoms with Crippen LogP contribution in [0.2, 0.25) is 0 Å². The molecule has 0 bridgehead atoms. The van der Waals surface area contributed by atoms with E-state index in [9.17, 15) is 4.79 Å². The number of benzene rings is 1. The number of rotatable bonds is 3. The molecule has 1 aromatic carbocycles. The Balaban J connectivity index is 1.41. The second-order valence-corrected chi connectivity index (χ2v) is 6.68. The Bertz CT molecular complexity index is 696. The second-order valence-electron chi connectivity index (χ2n) is 6.68. The van der Waals surface area contributed by atoms with Crippen LogP contribution in [0.4, 0.5) is 0 Å². The minimum Gasteiger partial charge on any atom is -0.337 e. The van der Waals surface area contributed by atoms with Crippen molar-refractivity contribution in [1.82, 2.24) is 19.6 Å². The van der Waals surface area contributed by atoms with E-state index in [-0.39, 0.29) is 5.91 Å². The second kappa shape index (κ2) is 5.81. The minimum atomic E-state index is 0.114. The fourth-order valence-corrected chi connectivity index (χ4v) is 3.80. The summed E-state index contributed by atoms with van der Waals surface area (Å²) in [5.74, 6) is 0.861. The summed E-state index contributed by atoms with van der Waals surface area (Å²) in [7, 11) is 1.84. The molecule has 0 spiro atoms. The van der Waals surface area contributed by atoms with Gasteiger partial charge >= 0.3 is 0 Å². The first-order valence-corrected chi connectivity index (χ1v) is 8.26. The van der Waals surface area contributed by atoms with Crippen LogP contribution in [0.25, 0.3) is 0 Å². The van der Waals surface area contributed by atoms with Crippen molar-refractivity contribution >= 4 is 5.91 Å². The maximum absolute atomic E-state index is 12.6. The molecule has 4 rings (SSSR count). The maximum atomic E-state index is 12.6. The number of amides is 1. The molecule has 2 saturated heterocycles. The molecule has 2 atom stereocenters. The first-order chi connectivity index (χ1) is 11.2. The van der Waals surface area contributed by atoms with Crippen molar-refractivity contribution in [2.45, 2.75) is 19.0 Å². The maximum Gasteiger partial charge on any atom is 0.257 e. The number of hydrogen-bond acceptors (Lipinski definition) is 3. The summed E-state index contributed by atoms with van der Waals surface area (Å²) in [5.41, 5.74) is 2.04. The summed E-state index contributed by atoms with van der Waals surface area (Å²) in [5, 5.41) is 4.11. The summed E-state index contributed by atoms with van der Waals surface area (Å²) in [6, 6.07) is 11.1. The highest BCUT2D eigenvalue weighted by Crippen LogP contribution is 2.34. The monoisotopic (exact) mass is 310 g/mol. The molecule has 0 radical (unpaired) electrons. The Morgan fingerprint density at radius 2 is 2.09 bits per heavy atom. The molecule has 3 heterocycles. The predicted octanol–water partition coefficient (Wildman–Crippen LogP) is 1.77. The average molecular weight is 310 g/mol. The molecule has 5 heteroatoms. The number of piperidine rings is 1. The van der Waals surface area contributed by atoms with Crippen molar-refractivity contribution in [3.63, 3.8) is 0 Å². The smallest absolute Gasteiger partial charge is 0.257 e. The van der Waals surface area contributed by atoms with E-state index in [0.29, 0.717) is 11.6 Å². The number of likely N-dealkylation sites (tertiary alicyclic amines) is 2. The fraction of sp³-hybridized carbons (Fsp3) is 0.444. The van der Waals surface area contributed by atoms with Crippen LogP contribution in [-0.2, 0) is 13.6 Å². The van der Waals surface area contributed by atoms with Crippen molar-refractivity contribution in [2.75, 3.05) is 19.6 Å². The van der Waals surface area contributed by atoms with Gasteiger partial charge in [0.25, 0.3) is 5.91 Å². The number of aryl methyl sites for hydroxylation is 1. The van der Waals surface area contributed by atoms with Crippen LogP contribution in [0, 0.1) is 5.92 Å². The van der Waals surface area contributed by atoms with Crippen molar-refractivity contribution < 1.29 is 4.79 Å². The Labute approximate surface area is 136 Å². The molecular weight excluding hydrogens is 288 g/mol. The van der Waals surface area contributed by atoms with Crippen LogP contribution in [0.5, 0.6) is 0 Å². The van der Waals surface area contributed by atoms with E-state index < -0.39 is 0 Å². The number of hydrogen-bond donors (Lipinski definition) is 0. The summed E-state index contributed by atoms with van der Waals surface area (Å²) >= 11 is 0. The van der Waals surface area contributed by atoms with Gasteiger partial charge in [-0.15, -0.1) is 0 Å². The summed E-state index contributed by atoms with van der Waals surface area (Å²) < 4.78 is 1.69. The van der Waals surface area contributed by atoms with Gasteiger partial charge in [-0.2, -0.15) is 5.10 Å². The predicted molar refractivity (Wildman–Crippen MR) is 87.9 cm³/mol. The Morgan fingerprint density at radius 1 is 1.26 bits per heavy atom. The van der Waals surface area contributed by atoms with E-state index in [1.807, 2.05) is 11.9 Å². The topological polar surface area (TPSA) is 41.4 Å². The molecule has 0 saturated carbocycles. The highest BCUT2D eigenvalue weighted by Gasteiger charge is 2.43. The zero-order valence-corrected chi connectivity index (χ0v) is 13.4. The first-order valence-electron chi connectivity index (χ1n) is 8.26. The standard InChI is InChI=1S/C18H22N4O/c1-20-11-16(9-19-20)18(23)21-8-7-15-12-22(17(15)13-21)10-14-5-3-2-4-6-14/h2-6,9,11,15,17H,7-8,10,12-13H2,1H3/t15-,17-/m1/s1. The molecule has 2 aliphatic heterocycles. The normalized spacial score (nSPS) is 24.1. The van der Waals surface area contributed by atoms with E-state index in [2.05, 4.69) is 40.3 Å². The minimum absolute atomic E-state index is 0.114. The van der Waals surface area contributed by atoms with E-state index in [4.69, 9.17) is 0 Å². The zero-order chi connectivity index (χ0) is 15.8. The summed E-state index contributed by atoms with van der Waals surface area (Å²) in [4.78, 5) is 17.1. The quantitative estimate of drug-likeness (QED) is 0.867. The van der Waals surface area contributed by atoms with E-state index >= 15 is 0 Å². The van der Waals surface area contributed by atoms with Crippen LogP contribution in [0.15, 0.2) is 42.7 Å². The molecule has 120 valence electrons. The van der Waals surface area contributed by atoms with Gasteiger partial charge in [0.05, 0.1) is 11.8 Å². The lowest BCUT2D eigenvalue weighted by Crippen LogP contribution is -2.64. The highest BCUT2D eigenvalue weighted by molar-refractivity contribution is 5.93. The third kappa shape index (κ3) is 2.77. The Hall–Kier alpha value is -2.14. The fourth-order valence-electron chi connectivity index (χ4n) is 3.80. The molecule has 5 nitrogen and oxygen atoms in total. The molecule has 2 aliphatic rings. The SMILES string of the molecule is Cn1cc(C(=O)N2CC[C@@H]3CN(Cc4ccccc4)[C@@H]3C2)cn1. The molecule has 2 aromatic rings. The van der Waals surface area contributed by atoms with Crippen molar-refractivity contribution in [1.29, 1.82) is 0 Å². The zero-order valence-electron chi connectivity index (χ0n) is 13.4. The first kappa shape index (κ1) is 14.5. The Morgan fingerprint density at radius 3 is 2.83 bits per heavy atom. The molecule has 1 aromatic heterocycles. The van der Waals surface area contributed by atoms with Crippen molar-refractivity contribution in [3.8, 4) is 0 Å². The number of nitrogens with zero attached hydrogens (tertiary/aromatic N) is 4. The number of aromatic nitrogens is 2. The molecule has 0 N–H and O–H groups in total. The molecule has 0 aliphatic carbocycles. The van der Waals surface area contributed by atoms with E-state index in [1.165, 1.54) is 5.56 Å². The van der Waals surface area contributed by atoms with Gasteiger partial charge in [0, 0.05) is 45.5 Å². The Kier molecular flexibility index (Phi) is 3.65. The lowest BCUT2D eigenvalue weighted by molar-refractivity contribution is -0.0427. The lowest BCUT2D eigenvalue weighted by Gasteiger charge is -2.53. The van der Waals surface area contributed by atoms with Crippen molar-refractivity contribution in [3.05, 3.63) is 53.9 Å². The van der Waals surface area contributed by atoms with Crippen LogP contribution in [-0.4, -0.2) is 51.2 Å². The highest BCUT2D eigenvalue weighted by atomic mass is 16.2. The van der Waals surface area contributed by atoms with E-state index in [1.54, 1.807) is 17.1 Å². The van der Waals surface area contributed by atoms with E-state index in [0.717, 1.165) is 38.5 Å². The summed E-state index contributed by atoms with van der Waals surface area (Å²) in [6.45, 7) is 3.85. The van der Waals surface area contributed by atoms with Gasteiger partial charge in [-0.1, -0.05) is 30.3 Å². The third-order valence-corrected chi connectivity index (χ3v) is 5.13. The average Bonchev–Trinajstić information content (AvgIpc) is 2.99. The van der Waals surface area contributed by atoms with Gasteiger partial charge in [-0.3, -0.25) is 14.4 Å². The van der Waals surface area contributed by atoms with Crippen molar-refractivity contribution in [2.24, 2.45) is 13.0 Å². The van der Waals surface area contributed by atoms with Crippen LogP contribution in [0.1, 0.15) is 22.3 Å². The van der Waals surface area contributed by atoms with Gasteiger partial charge in [0.15, 0.2) is 0 Å². The lowest BCUT2D eigenvalue weighted by atomic mass is 9.82. The molecule has 2 fully saturated rings. The molecule has 23 heavy (non-hydrogen) atoms. The third-order valence-electron chi connectivity index (χ3n) is 5.13. The molecule has 0 unspecified atom stereocenters. The van der Waals surface area contributed by atoms with Crippen LogP contribution >= 0.6 is 0 Å². The van der Waals surface area contributed by atoms with Gasteiger partial charge in [-0.05, 0) is 17.9 Å². The van der Waals surface area contributed by atoms with Gasteiger partial charge in [0.1, 0.15) is 0 Å². The number of carbonyl (C=O) groups is 1. The summed E-state index contributed by atoms with van der Waals surface area (Å²) in [6.07, 6.45) is 4.58.